The van der Waals surface area contributed by atoms with Gasteiger partial charge in [0.2, 0.25) is 0 Å². The van der Waals surface area contributed by atoms with Gasteiger partial charge in [-0.25, -0.2) is 0 Å². The van der Waals surface area contributed by atoms with E-state index in [2.05, 4.69) is 41.1 Å². The number of rotatable bonds is 8. The Morgan fingerprint density at radius 1 is 1.03 bits per heavy atom. The molecule has 0 amide bonds. The highest BCUT2D eigenvalue weighted by molar-refractivity contribution is 6.07. The fraction of sp³-hybridized carbons (Fsp3) is 0.300. The summed E-state index contributed by atoms with van der Waals surface area (Å²) in [5, 5.41) is 10.2. The van der Waals surface area contributed by atoms with Crippen LogP contribution in [0.25, 0.3) is 17.2 Å². The van der Waals surface area contributed by atoms with Crippen molar-refractivity contribution in [2.45, 2.75) is 6.54 Å². The molecule has 0 saturated carbocycles. The number of nitrogens with zero attached hydrogens (tertiary/aromatic N) is 3. The van der Waals surface area contributed by atoms with Gasteiger partial charge in [-0.3, -0.25) is 4.79 Å². The molecule has 4 rings (SSSR count). The Morgan fingerprint density at radius 2 is 1.78 bits per heavy atom. The molecule has 6 nitrogen and oxygen atoms in total. The molecule has 1 fully saturated rings. The molecular weight excluding hydrogens is 450 g/mol. The van der Waals surface area contributed by atoms with Gasteiger partial charge in [-0.05, 0) is 74.8 Å². The zero-order chi connectivity index (χ0) is 25.7. The van der Waals surface area contributed by atoms with Crippen LogP contribution in [-0.4, -0.2) is 75.1 Å². The number of ether oxygens (including phenoxy) is 1. The normalized spacial score (nSPS) is 14.5. The fourth-order valence-corrected chi connectivity index (χ4v) is 4.52. The lowest BCUT2D eigenvalue weighted by Crippen LogP contribution is -2.44. The predicted molar refractivity (Wildman–Crippen MR) is 147 cm³/mol. The quantitative estimate of drug-likeness (QED) is 0.366. The molecule has 188 valence electrons. The molecule has 0 aromatic heterocycles. The number of para-hydroxylation sites is 1. The molecule has 0 radical (unpaired) electrons. The van der Waals surface area contributed by atoms with Gasteiger partial charge in [0.25, 0.3) is 0 Å². The molecule has 0 atom stereocenters. The summed E-state index contributed by atoms with van der Waals surface area (Å²) in [7, 11) is 7.70. The highest BCUT2D eigenvalue weighted by Gasteiger charge is 2.18. The number of hydrogen-bond acceptors (Lipinski definition) is 6. The van der Waals surface area contributed by atoms with E-state index in [1.54, 1.807) is 31.4 Å². The van der Waals surface area contributed by atoms with Gasteiger partial charge in [0.1, 0.15) is 11.5 Å². The van der Waals surface area contributed by atoms with Crippen molar-refractivity contribution in [1.29, 1.82) is 0 Å². The molecule has 0 aliphatic carbocycles. The van der Waals surface area contributed by atoms with Gasteiger partial charge in [-0.1, -0.05) is 30.3 Å². The van der Waals surface area contributed by atoms with Crippen LogP contribution in [0.15, 0.2) is 66.7 Å². The Balaban J connectivity index is 1.67. The van der Waals surface area contributed by atoms with Crippen LogP contribution in [0.5, 0.6) is 11.5 Å². The van der Waals surface area contributed by atoms with E-state index in [-0.39, 0.29) is 11.5 Å². The van der Waals surface area contributed by atoms with E-state index in [0.717, 1.165) is 59.9 Å². The summed E-state index contributed by atoms with van der Waals surface area (Å²) in [5.41, 5.74) is 5.52. The Morgan fingerprint density at radius 3 is 2.50 bits per heavy atom. The third kappa shape index (κ3) is 5.96. The number of hydrogen-bond donors (Lipinski definition) is 1. The van der Waals surface area contributed by atoms with Crippen molar-refractivity contribution < 1.29 is 14.6 Å². The largest absolute Gasteiger partial charge is 0.508 e. The van der Waals surface area contributed by atoms with Crippen LogP contribution in [0.4, 0.5) is 5.69 Å². The number of ketones is 1. The van der Waals surface area contributed by atoms with Crippen LogP contribution in [-0.2, 0) is 6.54 Å². The summed E-state index contributed by atoms with van der Waals surface area (Å²) >= 11 is 0. The first kappa shape index (κ1) is 25.5. The number of anilines is 1. The van der Waals surface area contributed by atoms with Gasteiger partial charge in [0.15, 0.2) is 5.78 Å². The Labute approximate surface area is 214 Å². The first-order valence-corrected chi connectivity index (χ1v) is 12.3. The first-order chi connectivity index (χ1) is 17.4. The maximum Gasteiger partial charge on any atom is 0.185 e. The van der Waals surface area contributed by atoms with Gasteiger partial charge < -0.3 is 24.5 Å². The third-order valence-electron chi connectivity index (χ3n) is 6.56. The second-order valence-electron chi connectivity index (χ2n) is 9.54. The number of likely N-dealkylation sites (N-methyl/N-ethyl adjacent to an activating group) is 1. The van der Waals surface area contributed by atoms with Crippen molar-refractivity contribution in [2.75, 3.05) is 59.3 Å². The van der Waals surface area contributed by atoms with Crippen LogP contribution < -0.4 is 9.64 Å². The number of benzene rings is 3. The fourth-order valence-electron chi connectivity index (χ4n) is 4.52. The Bertz CT molecular complexity index is 1240. The molecule has 1 aliphatic rings. The second-order valence-corrected chi connectivity index (χ2v) is 9.54. The van der Waals surface area contributed by atoms with E-state index in [9.17, 15) is 9.90 Å². The predicted octanol–water partition coefficient (Wildman–Crippen LogP) is 4.78. The van der Waals surface area contributed by atoms with Crippen molar-refractivity contribution in [3.63, 3.8) is 0 Å². The van der Waals surface area contributed by atoms with E-state index in [4.69, 9.17) is 4.74 Å². The highest BCUT2D eigenvalue weighted by Crippen LogP contribution is 2.34. The van der Waals surface area contributed by atoms with E-state index >= 15 is 0 Å². The number of phenolic OH excluding ortho intramolecular Hbond substituents is 1. The number of piperazine rings is 1. The molecule has 0 bridgehead atoms. The van der Waals surface area contributed by atoms with Gasteiger partial charge >= 0.3 is 0 Å². The lowest BCUT2D eigenvalue weighted by molar-refractivity contribution is 0.104. The monoisotopic (exact) mass is 485 g/mol. The molecule has 1 saturated heterocycles. The van der Waals surface area contributed by atoms with E-state index < -0.39 is 0 Å². The minimum absolute atomic E-state index is 0.0897. The first-order valence-electron chi connectivity index (χ1n) is 12.3. The summed E-state index contributed by atoms with van der Waals surface area (Å²) in [6.07, 6.45) is 3.53. The summed E-state index contributed by atoms with van der Waals surface area (Å²) in [4.78, 5) is 19.7. The van der Waals surface area contributed by atoms with Crippen LogP contribution in [0.1, 0.15) is 21.5 Å². The van der Waals surface area contributed by atoms with Crippen LogP contribution in [0.2, 0.25) is 0 Å². The number of methoxy groups -OCH3 is 1. The Hall–Kier alpha value is -3.61. The van der Waals surface area contributed by atoms with Gasteiger partial charge in [-0.15, -0.1) is 0 Å². The second kappa shape index (κ2) is 11.4. The SMILES string of the molecule is COc1ccccc1-c1ccc(C=CC(=O)c2ccc(O)c(CN(C)C)c2)c(N2CCN(C)CC2)c1. The number of allylic oxidation sites excluding steroid dienone is 1. The standard InChI is InChI=1S/C30H35N3O3/c1-31(2)21-25-19-24(12-14-29(25)35)28(34)13-11-22-9-10-23(26-7-5-6-8-30(26)36-4)20-27(22)33-17-15-32(3)16-18-33/h5-14,19-20,35H,15-18,21H2,1-4H3. The number of carbonyl (C=O) groups excluding carboxylic acids is 1. The summed E-state index contributed by atoms with van der Waals surface area (Å²) in [6, 6.07) is 19.4. The lowest BCUT2D eigenvalue weighted by Gasteiger charge is -2.35. The molecule has 1 heterocycles. The van der Waals surface area contributed by atoms with Crippen molar-refractivity contribution in [2.24, 2.45) is 0 Å². The van der Waals surface area contributed by atoms with Gasteiger partial charge in [0, 0.05) is 55.1 Å². The maximum absolute atomic E-state index is 13.1. The van der Waals surface area contributed by atoms with Crippen LogP contribution in [0.3, 0.4) is 0 Å². The van der Waals surface area contributed by atoms with Crippen molar-refractivity contribution in [1.82, 2.24) is 9.80 Å². The maximum atomic E-state index is 13.1. The molecule has 6 heteroatoms. The van der Waals surface area contributed by atoms with E-state index in [1.165, 1.54) is 0 Å². The molecular formula is C30H35N3O3. The third-order valence-corrected chi connectivity index (χ3v) is 6.56. The smallest absolute Gasteiger partial charge is 0.185 e. The van der Waals surface area contributed by atoms with Crippen LogP contribution >= 0.6 is 0 Å². The zero-order valence-corrected chi connectivity index (χ0v) is 21.6. The topological polar surface area (TPSA) is 56.3 Å². The zero-order valence-electron chi connectivity index (χ0n) is 21.6. The number of aromatic hydroxyl groups is 1. The van der Waals surface area contributed by atoms with Crippen molar-refractivity contribution in [3.8, 4) is 22.6 Å². The summed E-state index contributed by atoms with van der Waals surface area (Å²) in [5.74, 6) is 0.947. The average Bonchev–Trinajstić information content (AvgIpc) is 2.88. The summed E-state index contributed by atoms with van der Waals surface area (Å²) in [6.45, 7) is 4.39. The highest BCUT2D eigenvalue weighted by atomic mass is 16.5. The van der Waals surface area contributed by atoms with Crippen LogP contribution in [0, 0.1) is 0 Å². The average molecular weight is 486 g/mol. The van der Waals surface area contributed by atoms with Crippen molar-refractivity contribution >= 4 is 17.5 Å². The summed E-state index contributed by atoms with van der Waals surface area (Å²) < 4.78 is 5.60. The van der Waals surface area contributed by atoms with Gasteiger partial charge in [-0.2, -0.15) is 0 Å². The van der Waals surface area contributed by atoms with E-state index in [1.807, 2.05) is 43.3 Å². The molecule has 36 heavy (non-hydrogen) atoms. The molecule has 0 spiro atoms. The molecule has 1 aliphatic heterocycles. The molecule has 1 N–H and O–H groups in total. The Kier molecular flexibility index (Phi) is 8.08. The molecule has 3 aromatic carbocycles. The lowest BCUT2D eigenvalue weighted by atomic mass is 9.99. The van der Waals surface area contributed by atoms with E-state index in [0.29, 0.717) is 12.1 Å². The number of carbonyl (C=O) groups is 1. The number of phenols is 1. The minimum Gasteiger partial charge on any atom is -0.508 e. The minimum atomic E-state index is -0.0897. The molecule has 3 aromatic rings. The van der Waals surface area contributed by atoms with Gasteiger partial charge in [0.05, 0.1) is 7.11 Å². The molecule has 0 unspecified atom stereocenters. The van der Waals surface area contributed by atoms with Crippen molar-refractivity contribution in [3.05, 3.63) is 83.4 Å².